The Bertz CT molecular complexity index is 826. The summed E-state index contributed by atoms with van der Waals surface area (Å²) in [7, 11) is 0. The molecular formula is C17H16N4. The average molecular weight is 276 g/mol. The van der Waals surface area contributed by atoms with Crippen molar-refractivity contribution in [2.24, 2.45) is 0 Å². The highest BCUT2D eigenvalue weighted by molar-refractivity contribution is 5.79. The summed E-state index contributed by atoms with van der Waals surface area (Å²) in [6.45, 7) is 4.03. The number of hydrogen-bond acceptors (Lipinski definition) is 3. The Morgan fingerprint density at radius 1 is 1.24 bits per heavy atom. The van der Waals surface area contributed by atoms with Crippen LogP contribution in [0.1, 0.15) is 29.9 Å². The molecule has 0 saturated carbocycles. The highest BCUT2D eigenvalue weighted by atomic mass is 14.9. The van der Waals surface area contributed by atoms with Gasteiger partial charge in [-0.25, -0.2) is 4.98 Å². The van der Waals surface area contributed by atoms with E-state index in [-0.39, 0.29) is 6.04 Å². The van der Waals surface area contributed by atoms with Gasteiger partial charge < -0.3 is 10.3 Å². The van der Waals surface area contributed by atoms with Crippen LogP contribution in [-0.4, -0.2) is 9.97 Å². The second kappa shape index (κ2) is 5.29. The summed E-state index contributed by atoms with van der Waals surface area (Å²) in [6.07, 6.45) is 0. The Labute approximate surface area is 123 Å². The molecule has 1 unspecified atom stereocenters. The van der Waals surface area contributed by atoms with Gasteiger partial charge in [0.2, 0.25) is 0 Å². The first-order valence-corrected chi connectivity index (χ1v) is 6.88. The number of imidazole rings is 1. The predicted molar refractivity (Wildman–Crippen MR) is 84.0 cm³/mol. The third-order valence-electron chi connectivity index (χ3n) is 3.50. The zero-order valence-corrected chi connectivity index (χ0v) is 12.0. The first-order chi connectivity index (χ1) is 10.2. The Morgan fingerprint density at radius 3 is 2.90 bits per heavy atom. The van der Waals surface area contributed by atoms with Crippen LogP contribution in [0.2, 0.25) is 0 Å². The van der Waals surface area contributed by atoms with Gasteiger partial charge in [0.15, 0.2) is 0 Å². The molecule has 1 heterocycles. The van der Waals surface area contributed by atoms with E-state index >= 15 is 0 Å². The number of nitriles is 1. The Hall–Kier alpha value is -2.80. The van der Waals surface area contributed by atoms with Gasteiger partial charge in [0.25, 0.3) is 0 Å². The molecule has 0 spiro atoms. The molecule has 1 aromatic heterocycles. The second-order valence-electron chi connectivity index (χ2n) is 5.16. The van der Waals surface area contributed by atoms with Crippen molar-refractivity contribution in [3.63, 3.8) is 0 Å². The van der Waals surface area contributed by atoms with E-state index in [4.69, 9.17) is 5.26 Å². The fourth-order valence-corrected chi connectivity index (χ4v) is 2.44. The quantitative estimate of drug-likeness (QED) is 0.762. The molecular weight excluding hydrogens is 260 g/mol. The molecule has 0 amide bonds. The molecule has 0 aliphatic rings. The van der Waals surface area contributed by atoms with Crippen molar-refractivity contribution < 1.29 is 0 Å². The lowest BCUT2D eigenvalue weighted by molar-refractivity contribution is 0.884. The number of aromatic nitrogens is 2. The van der Waals surface area contributed by atoms with Crippen molar-refractivity contribution in [3.05, 3.63) is 59.4 Å². The number of rotatable bonds is 3. The van der Waals surface area contributed by atoms with Crippen LogP contribution in [0.5, 0.6) is 0 Å². The lowest BCUT2D eigenvalue weighted by atomic mass is 10.1. The zero-order valence-electron chi connectivity index (χ0n) is 12.0. The van der Waals surface area contributed by atoms with E-state index in [1.165, 1.54) is 0 Å². The number of anilines is 1. The summed E-state index contributed by atoms with van der Waals surface area (Å²) in [6, 6.07) is 16.0. The van der Waals surface area contributed by atoms with E-state index < -0.39 is 0 Å². The van der Waals surface area contributed by atoms with Gasteiger partial charge in [0.05, 0.1) is 22.7 Å². The molecule has 0 fully saturated rings. The van der Waals surface area contributed by atoms with Crippen LogP contribution in [0, 0.1) is 18.3 Å². The maximum absolute atomic E-state index is 8.97. The predicted octanol–water partition coefficient (Wildman–Crippen LogP) is 3.92. The van der Waals surface area contributed by atoms with E-state index in [9.17, 15) is 0 Å². The van der Waals surface area contributed by atoms with Crippen molar-refractivity contribution in [2.45, 2.75) is 19.9 Å². The summed E-state index contributed by atoms with van der Waals surface area (Å²) in [5.74, 6) is 0.914. The standard InChI is InChI=1S/C17H16N4/c1-11(14-5-3-4-13(8-14)10-18)19-15-6-7-16-17(9-15)21-12(2)20-16/h3-9,11,19H,1-2H3,(H,20,21). The number of aryl methyl sites for hydroxylation is 1. The van der Waals surface area contributed by atoms with Crippen molar-refractivity contribution >= 4 is 16.7 Å². The maximum Gasteiger partial charge on any atom is 0.104 e. The number of aromatic amines is 1. The second-order valence-corrected chi connectivity index (χ2v) is 5.16. The zero-order chi connectivity index (χ0) is 14.8. The molecule has 4 nitrogen and oxygen atoms in total. The summed E-state index contributed by atoms with van der Waals surface area (Å²) in [4.78, 5) is 7.63. The molecule has 0 aliphatic heterocycles. The van der Waals surface area contributed by atoms with Gasteiger partial charge in [-0.15, -0.1) is 0 Å². The fraction of sp³-hybridized carbons (Fsp3) is 0.176. The van der Waals surface area contributed by atoms with Gasteiger partial charge in [0, 0.05) is 11.7 Å². The number of fused-ring (bicyclic) bond motifs is 1. The van der Waals surface area contributed by atoms with E-state index in [1.54, 1.807) is 0 Å². The van der Waals surface area contributed by atoms with Gasteiger partial charge in [-0.3, -0.25) is 0 Å². The molecule has 0 saturated heterocycles. The molecule has 0 aliphatic carbocycles. The Kier molecular flexibility index (Phi) is 3.33. The topological polar surface area (TPSA) is 64.5 Å². The van der Waals surface area contributed by atoms with Gasteiger partial charge in [-0.05, 0) is 49.7 Å². The maximum atomic E-state index is 8.97. The number of hydrogen-bond donors (Lipinski definition) is 2. The summed E-state index contributed by atoms with van der Waals surface area (Å²) in [5, 5.41) is 12.4. The van der Waals surface area contributed by atoms with Crippen LogP contribution in [0.4, 0.5) is 5.69 Å². The van der Waals surface area contributed by atoms with Gasteiger partial charge >= 0.3 is 0 Å². The van der Waals surface area contributed by atoms with Crippen LogP contribution in [-0.2, 0) is 0 Å². The minimum absolute atomic E-state index is 0.125. The average Bonchev–Trinajstić information content (AvgIpc) is 2.86. The van der Waals surface area contributed by atoms with Crippen molar-refractivity contribution in [3.8, 4) is 6.07 Å². The number of nitrogens with zero attached hydrogens (tertiary/aromatic N) is 2. The number of nitrogens with one attached hydrogen (secondary N) is 2. The van der Waals surface area contributed by atoms with Gasteiger partial charge in [-0.2, -0.15) is 5.26 Å². The highest BCUT2D eigenvalue weighted by Crippen LogP contribution is 2.23. The molecule has 3 rings (SSSR count). The van der Waals surface area contributed by atoms with Crippen LogP contribution in [0.25, 0.3) is 11.0 Å². The summed E-state index contributed by atoms with van der Waals surface area (Å²) in [5.41, 5.74) is 4.80. The third-order valence-corrected chi connectivity index (χ3v) is 3.50. The monoisotopic (exact) mass is 276 g/mol. The Balaban J connectivity index is 1.85. The highest BCUT2D eigenvalue weighted by Gasteiger charge is 2.07. The molecule has 4 heteroatoms. The minimum atomic E-state index is 0.125. The van der Waals surface area contributed by atoms with Gasteiger partial charge in [-0.1, -0.05) is 12.1 Å². The first-order valence-electron chi connectivity index (χ1n) is 6.88. The molecule has 0 radical (unpaired) electrons. The van der Waals surface area contributed by atoms with E-state index in [0.29, 0.717) is 5.56 Å². The van der Waals surface area contributed by atoms with E-state index in [0.717, 1.165) is 28.1 Å². The largest absolute Gasteiger partial charge is 0.378 e. The molecule has 104 valence electrons. The smallest absolute Gasteiger partial charge is 0.104 e. The van der Waals surface area contributed by atoms with E-state index in [2.05, 4.69) is 34.3 Å². The molecule has 21 heavy (non-hydrogen) atoms. The molecule has 3 aromatic rings. The van der Waals surface area contributed by atoms with Gasteiger partial charge in [0.1, 0.15) is 5.82 Å². The molecule has 0 bridgehead atoms. The minimum Gasteiger partial charge on any atom is -0.378 e. The summed E-state index contributed by atoms with van der Waals surface area (Å²) < 4.78 is 0. The normalized spacial score (nSPS) is 12.0. The third kappa shape index (κ3) is 2.72. The van der Waals surface area contributed by atoms with Crippen LogP contribution < -0.4 is 5.32 Å². The van der Waals surface area contributed by atoms with Crippen molar-refractivity contribution in [1.29, 1.82) is 5.26 Å². The van der Waals surface area contributed by atoms with Crippen molar-refractivity contribution in [1.82, 2.24) is 9.97 Å². The Morgan fingerprint density at radius 2 is 2.10 bits per heavy atom. The summed E-state index contributed by atoms with van der Waals surface area (Å²) >= 11 is 0. The molecule has 2 aromatic carbocycles. The van der Waals surface area contributed by atoms with Crippen LogP contribution in [0.15, 0.2) is 42.5 Å². The lowest BCUT2D eigenvalue weighted by Gasteiger charge is -2.16. The lowest BCUT2D eigenvalue weighted by Crippen LogP contribution is -2.06. The van der Waals surface area contributed by atoms with Crippen molar-refractivity contribution in [2.75, 3.05) is 5.32 Å². The SMILES string of the molecule is Cc1nc2ccc(NC(C)c3cccc(C#N)c3)cc2[nH]1. The molecule has 1 atom stereocenters. The molecule has 2 N–H and O–H groups in total. The number of benzene rings is 2. The first kappa shape index (κ1) is 13.2. The van der Waals surface area contributed by atoms with E-state index in [1.807, 2.05) is 43.3 Å². The fourth-order valence-electron chi connectivity index (χ4n) is 2.44. The number of H-pyrrole nitrogens is 1. The van der Waals surface area contributed by atoms with Crippen LogP contribution >= 0.6 is 0 Å². The van der Waals surface area contributed by atoms with Crippen LogP contribution in [0.3, 0.4) is 0 Å².